The van der Waals surface area contributed by atoms with Crippen LogP contribution in [0.3, 0.4) is 0 Å². The lowest BCUT2D eigenvalue weighted by Gasteiger charge is -2.08. The zero-order valence-electron chi connectivity index (χ0n) is 12.8. The van der Waals surface area contributed by atoms with Crippen LogP contribution in [0.5, 0.6) is 0 Å². The Morgan fingerprint density at radius 1 is 0.789 bits per heavy atom. The van der Waals surface area contributed by atoms with Crippen molar-refractivity contribution in [3.05, 3.63) is 0 Å². The molecule has 0 atom stereocenters. The van der Waals surface area contributed by atoms with E-state index in [1.807, 2.05) is 0 Å². The first-order chi connectivity index (χ1) is 9.27. The van der Waals surface area contributed by atoms with Gasteiger partial charge in [-0.25, -0.2) is 0 Å². The second kappa shape index (κ2) is 15.9. The summed E-state index contributed by atoms with van der Waals surface area (Å²) in [5.74, 6) is 0. The Balaban J connectivity index is 2.91. The van der Waals surface area contributed by atoms with Crippen molar-refractivity contribution in [1.82, 2.24) is 5.32 Å². The van der Waals surface area contributed by atoms with Crippen LogP contribution in [-0.4, -0.2) is 65.9 Å². The number of nitrogens with one attached hydrogen (secondary N) is 1. The first-order valence-corrected chi connectivity index (χ1v) is 7.24. The van der Waals surface area contributed by atoms with E-state index in [9.17, 15) is 0 Å². The molecular weight excluding hydrogens is 246 g/mol. The van der Waals surface area contributed by atoms with Crippen LogP contribution in [-0.2, 0) is 18.9 Å². The molecular formula is C14H31NO4. The molecule has 0 aliphatic carbocycles. The highest BCUT2D eigenvalue weighted by molar-refractivity contribution is 4.47. The zero-order chi connectivity index (χ0) is 14.2. The Hall–Kier alpha value is -0.200. The van der Waals surface area contributed by atoms with Gasteiger partial charge in [-0.2, -0.15) is 0 Å². The summed E-state index contributed by atoms with van der Waals surface area (Å²) in [7, 11) is 1.70. The number of hydrogen-bond donors (Lipinski definition) is 1. The fraction of sp³-hybridized carbons (Fsp3) is 1.00. The van der Waals surface area contributed by atoms with E-state index in [-0.39, 0.29) is 0 Å². The minimum Gasteiger partial charge on any atom is -0.385 e. The average Bonchev–Trinajstić information content (AvgIpc) is 2.39. The van der Waals surface area contributed by atoms with Crippen molar-refractivity contribution < 1.29 is 18.9 Å². The molecule has 0 spiro atoms. The summed E-state index contributed by atoms with van der Waals surface area (Å²) < 4.78 is 21.2. The van der Waals surface area contributed by atoms with Gasteiger partial charge in [0.15, 0.2) is 0 Å². The van der Waals surface area contributed by atoms with Crippen molar-refractivity contribution in [1.29, 1.82) is 0 Å². The summed E-state index contributed by atoms with van der Waals surface area (Å²) in [4.78, 5) is 0. The Kier molecular flexibility index (Phi) is 15.7. The van der Waals surface area contributed by atoms with Crippen LogP contribution in [0.25, 0.3) is 0 Å². The lowest BCUT2D eigenvalue weighted by atomic mass is 10.4. The molecule has 1 N–H and O–H groups in total. The Morgan fingerprint density at radius 3 is 2.21 bits per heavy atom. The van der Waals surface area contributed by atoms with Crippen LogP contribution >= 0.6 is 0 Å². The third-order valence-corrected chi connectivity index (χ3v) is 2.38. The van der Waals surface area contributed by atoms with E-state index in [1.54, 1.807) is 7.11 Å². The zero-order valence-corrected chi connectivity index (χ0v) is 12.8. The molecule has 0 fully saturated rings. The Bertz CT molecular complexity index is 168. The standard InChI is InChI=1S/C14H31NO4/c1-14(2)19-10-4-6-15-7-11-18-13-12-17-9-5-8-16-3/h14-15H,4-13H2,1-3H3. The van der Waals surface area contributed by atoms with Crippen LogP contribution < -0.4 is 5.32 Å². The fourth-order valence-electron chi connectivity index (χ4n) is 1.41. The maximum Gasteiger partial charge on any atom is 0.0701 e. The molecule has 0 radical (unpaired) electrons. The molecule has 5 heteroatoms. The first kappa shape index (κ1) is 18.8. The van der Waals surface area contributed by atoms with Gasteiger partial charge >= 0.3 is 0 Å². The van der Waals surface area contributed by atoms with Crippen molar-refractivity contribution in [2.24, 2.45) is 0 Å². The molecule has 0 aromatic heterocycles. The molecule has 0 aromatic rings. The van der Waals surface area contributed by atoms with Crippen molar-refractivity contribution in [2.75, 3.05) is 59.8 Å². The molecule has 5 nitrogen and oxygen atoms in total. The van der Waals surface area contributed by atoms with Crippen LogP contribution in [0.4, 0.5) is 0 Å². The minimum atomic E-state index is 0.326. The third kappa shape index (κ3) is 17.8. The summed E-state index contributed by atoms with van der Waals surface area (Å²) in [5, 5.41) is 3.32. The summed E-state index contributed by atoms with van der Waals surface area (Å²) in [6.07, 6.45) is 2.31. The molecule has 19 heavy (non-hydrogen) atoms. The SMILES string of the molecule is COCCCOCCOCCNCCCOC(C)C. The van der Waals surface area contributed by atoms with E-state index >= 15 is 0 Å². The van der Waals surface area contributed by atoms with Crippen molar-refractivity contribution in [3.63, 3.8) is 0 Å². The van der Waals surface area contributed by atoms with Crippen molar-refractivity contribution in [2.45, 2.75) is 32.8 Å². The smallest absolute Gasteiger partial charge is 0.0701 e. The van der Waals surface area contributed by atoms with Crippen LogP contribution in [0.2, 0.25) is 0 Å². The van der Waals surface area contributed by atoms with Gasteiger partial charge in [-0.15, -0.1) is 0 Å². The molecule has 0 bridgehead atoms. The van der Waals surface area contributed by atoms with Gasteiger partial charge in [-0.05, 0) is 33.2 Å². The molecule has 0 unspecified atom stereocenters. The topological polar surface area (TPSA) is 49.0 Å². The molecule has 0 saturated carbocycles. The summed E-state index contributed by atoms with van der Waals surface area (Å²) in [5.41, 5.74) is 0. The van der Waals surface area contributed by atoms with Crippen LogP contribution in [0.15, 0.2) is 0 Å². The fourth-order valence-corrected chi connectivity index (χ4v) is 1.41. The normalized spacial score (nSPS) is 11.4. The maximum absolute atomic E-state index is 5.45. The van der Waals surface area contributed by atoms with E-state index in [2.05, 4.69) is 19.2 Å². The molecule has 0 rings (SSSR count). The van der Waals surface area contributed by atoms with Gasteiger partial charge in [0.2, 0.25) is 0 Å². The number of rotatable bonds is 15. The highest BCUT2D eigenvalue weighted by Gasteiger charge is 1.94. The lowest BCUT2D eigenvalue weighted by Crippen LogP contribution is -2.23. The average molecular weight is 277 g/mol. The minimum absolute atomic E-state index is 0.326. The second-order valence-corrected chi connectivity index (χ2v) is 4.59. The molecule has 0 heterocycles. The van der Waals surface area contributed by atoms with Gasteiger partial charge in [0.05, 0.1) is 25.9 Å². The lowest BCUT2D eigenvalue weighted by molar-refractivity contribution is 0.0405. The number of ether oxygens (including phenoxy) is 4. The largest absolute Gasteiger partial charge is 0.385 e. The number of methoxy groups -OCH3 is 1. The molecule has 0 aromatic carbocycles. The van der Waals surface area contributed by atoms with Gasteiger partial charge < -0.3 is 24.3 Å². The van der Waals surface area contributed by atoms with Crippen LogP contribution in [0, 0.1) is 0 Å². The van der Waals surface area contributed by atoms with Crippen molar-refractivity contribution >= 4 is 0 Å². The van der Waals surface area contributed by atoms with E-state index in [0.29, 0.717) is 19.3 Å². The summed E-state index contributed by atoms with van der Waals surface area (Å²) in [6, 6.07) is 0. The van der Waals surface area contributed by atoms with Gasteiger partial charge in [0, 0.05) is 33.5 Å². The Labute approximate surface area is 117 Å². The summed E-state index contributed by atoms with van der Waals surface area (Å²) in [6.45, 7) is 10.3. The Morgan fingerprint density at radius 2 is 1.53 bits per heavy atom. The molecule has 0 saturated heterocycles. The highest BCUT2D eigenvalue weighted by atomic mass is 16.5. The predicted octanol–water partition coefficient (Wildman–Crippen LogP) is 1.46. The van der Waals surface area contributed by atoms with Gasteiger partial charge in [0.25, 0.3) is 0 Å². The van der Waals surface area contributed by atoms with Crippen LogP contribution in [0.1, 0.15) is 26.7 Å². The first-order valence-electron chi connectivity index (χ1n) is 7.24. The second-order valence-electron chi connectivity index (χ2n) is 4.59. The quantitative estimate of drug-likeness (QED) is 0.459. The van der Waals surface area contributed by atoms with E-state index < -0.39 is 0 Å². The van der Waals surface area contributed by atoms with Gasteiger partial charge in [0.1, 0.15) is 0 Å². The predicted molar refractivity (Wildman–Crippen MR) is 76.7 cm³/mol. The molecule has 0 aliphatic rings. The molecule has 0 aliphatic heterocycles. The van der Waals surface area contributed by atoms with E-state index in [1.165, 1.54) is 0 Å². The highest BCUT2D eigenvalue weighted by Crippen LogP contribution is 1.89. The third-order valence-electron chi connectivity index (χ3n) is 2.38. The molecule has 116 valence electrons. The van der Waals surface area contributed by atoms with Crippen molar-refractivity contribution in [3.8, 4) is 0 Å². The summed E-state index contributed by atoms with van der Waals surface area (Å²) >= 11 is 0. The monoisotopic (exact) mass is 277 g/mol. The maximum atomic E-state index is 5.45. The number of hydrogen-bond acceptors (Lipinski definition) is 5. The van der Waals surface area contributed by atoms with E-state index in [4.69, 9.17) is 18.9 Å². The van der Waals surface area contributed by atoms with Gasteiger partial charge in [-0.3, -0.25) is 0 Å². The van der Waals surface area contributed by atoms with Gasteiger partial charge in [-0.1, -0.05) is 0 Å². The molecule has 0 amide bonds. The van der Waals surface area contributed by atoms with E-state index in [0.717, 1.165) is 52.4 Å².